The molecule has 0 unspecified atom stereocenters. The molecule has 0 saturated heterocycles. The molecule has 0 spiro atoms. The second kappa shape index (κ2) is 9.26. The lowest BCUT2D eigenvalue weighted by molar-refractivity contribution is -0.143. The summed E-state index contributed by atoms with van der Waals surface area (Å²) < 4.78 is 4.92. The van der Waals surface area contributed by atoms with Gasteiger partial charge in [0.25, 0.3) is 0 Å². The smallest absolute Gasteiger partial charge is 0.305 e. The third kappa shape index (κ3) is 6.39. The van der Waals surface area contributed by atoms with Crippen molar-refractivity contribution in [1.82, 2.24) is 9.97 Å². The average Bonchev–Trinajstić information content (AvgIpc) is 2.57. The van der Waals surface area contributed by atoms with Crippen LogP contribution in [0.3, 0.4) is 0 Å². The van der Waals surface area contributed by atoms with E-state index in [9.17, 15) is 14.4 Å². The minimum absolute atomic E-state index is 0.00897. The molecular formula is C21H33N3O4. The predicted molar refractivity (Wildman–Crippen MR) is 108 cm³/mol. The van der Waals surface area contributed by atoms with Gasteiger partial charge in [0.2, 0.25) is 5.78 Å². The van der Waals surface area contributed by atoms with Crippen LogP contribution in [0.25, 0.3) is 0 Å². The van der Waals surface area contributed by atoms with Gasteiger partial charge < -0.3 is 10.5 Å². The van der Waals surface area contributed by atoms with E-state index < -0.39 is 10.8 Å². The van der Waals surface area contributed by atoms with E-state index in [1.807, 2.05) is 0 Å². The largest absolute Gasteiger partial charge is 0.466 e. The fourth-order valence-corrected chi connectivity index (χ4v) is 2.47. The van der Waals surface area contributed by atoms with Gasteiger partial charge in [-0.2, -0.15) is 0 Å². The number of rotatable bonds is 8. The molecule has 156 valence electrons. The van der Waals surface area contributed by atoms with Gasteiger partial charge in [0.05, 0.1) is 18.0 Å². The summed E-state index contributed by atoms with van der Waals surface area (Å²) >= 11 is 0. The molecule has 0 fully saturated rings. The van der Waals surface area contributed by atoms with Gasteiger partial charge >= 0.3 is 5.97 Å². The minimum Gasteiger partial charge on any atom is -0.466 e. The average molecular weight is 392 g/mol. The maximum Gasteiger partial charge on any atom is 0.305 e. The summed E-state index contributed by atoms with van der Waals surface area (Å²) in [6.45, 7) is 12.8. The Hall–Kier alpha value is -2.31. The Morgan fingerprint density at radius 2 is 1.50 bits per heavy atom. The number of ether oxygens (including phenoxy) is 1. The zero-order chi connectivity index (χ0) is 21.7. The van der Waals surface area contributed by atoms with Gasteiger partial charge in [-0.25, -0.2) is 9.97 Å². The summed E-state index contributed by atoms with van der Waals surface area (Å²) in [7, 11) is 0. The van der Waals surface area contributed by atoms with E-state index in [1.54, 1.807) is 48.5 Å². The molecule has 0 aromatic carbocycles. The Labute approximate surface area is 167 Å². The van der Waals surface area contributed by atoms with Gasteiger partial charge in [-0.1, -0.05) is 41.5 Å². The molecule has 0 aliphatic heterocycles. The molecule has 0 saturated carbocycles. The van der Waals surface area contributed by atoms with Gasteiger partial charge in [-0.3, -0.25) is 14.4 Å². The van der Waals surface area contributed by atoms with Crippen LogP contribution in [0.15, 0.2) is 0 Å². The highest BCUT2D eigenvalue weighted by Crippen LogP contribution is 2.27. The van der Waals surface area contributed by atoms with Crippen molar-refractivity contribution < 1.29 is 19.1 Å². The second-order valence-electron chi connectivity index (χ2n) is 8.93. The molecule has 7 nitrogen and oxygen atoms in total. The number of unbranched alkanes of at least 4 members (excludes halogenated alkanes) is 1. The Bertz CT molecular complexity index is 743. The molecular weight excluding hydrogens is 358 g/mol. The Morgan fingerprint density at radius 1 is 0.929 bits per heavy atom. The Kier molecular flexibility index (Phi) is 7.84. The predicted octanol–water partition coefficient (Wildman–Crippen LogP) is 3.79. The number of nitrogens with two attached hydrogens (primary N) is 1. The normalized spacial score (nSPS) is 12.0. The Balaban J connectivity index is 3.18. The lowest BCUT2D eigenvalue weighted by Crippen LogP contribution is -2.28. The van der Waals surface area contributed by atoms with Gasteiger partial charge in [0, 0.05) is 17.3 Å². The first-order chi connectivity index (χ1) is 12.8. The van der Waals surface area contributed by atoms with Crippen LogP contribution in [0, 0.1) is 10.8 Å². The number of anilines is 1. The summed E-state index contributed by atoms with van der Waals surface area (Å²) in [6.07, 6.45) is 1.99. The van der Waals surface area contributed by atoms with Gasteiger partial charge in [0.15, 0.2) is 11.6 Å². The van der Waals surface area contributed by atoms with Crippen molar-refractivity contribution in [2.24, 2.45) is 10.8 Å². The lowest BCUT2D eigenvalue weighted by atomic mass is 9.87. The number of nitrogen functional groups attached to an aromatic ring is 1. The number of esters is 1. The molecule has 2 N–H and O–H groups in total. The topological polar surface area (TPSA) is 112 Å². The number of nitrogens with zero attached hydrogens (tertiary/aromatic N) is 2. The molecule has 28 heavy (non-hydrogen) atoms. The van der Waals surface area contributed by atoms with E-state index in [0.29, 0.717) is 38.0 Å². The fraction of sp³-hybridized carbons (Fsp3) is 0.667. The lowest BCUT2D eigenvalue weighted by Gasteiger charge is -2.21. The number of aryl methyl sites for hydroxylation is 1. The third-order valence-electron chi connectivity index (χ3n) is 4.15. The van der Waals surface area contributed by atoms with E-state index in [-0.39, 0.29) is 34.7 Å². The van der Waals surface area contributed by atoms with Crippen molar-refractivity contribution in [3.63, 3.8) is 0 Å². The van der Waals surface area contributed by atoms with Crippen LogP contribution in [0.5, 0.6) is 0 Å². The number of hydrogen-bond donors (Lipinski definition) is 1. The molecule has 1 aromatic heterocycles. The van der Waals surface area contributed by atoms with Crippen molar-refractivity contribution in [1.29, 1.82) is 0 Å². The van der Waals surface area contributed by atoms with Crippen LogP contribution in [0.2, 0.25) is 0 Å². The van der Waals surface area contributed by atoms with Crippen LogP contribution in [0.4, 0.5) is 5.69 Å². The molecule has 1 heterocycles. The van der Waals surface area contributed by atoms with Crippen molar-refractivity contribution in [2.45, 2.75) is 74.1 Å². The fourth-order valence-electron chi connectivity index (χ4n) is 2.47. The number of Topliss-reactive ketones (excluding diaryl/α,β-unsaturated/α-hetero) is 2. The number of ketones is 2. The van der Waals surface area contributed by atoms with Crippen molar-refractivity contribution >= 4 is 23.2 Å². The van der Waals surface area contributed by atoms with Crippen molar-refractivity contribution in [3.8, 4) is 0 Å². The van der Waals surface area contributed by atoms with Gasteiger partial charge in [-0.15, -0.1) is 0 Å². The molecule has 1 rings (SSSR count). The molecule has 0 bridgehead atoms. The highest BCUT2D eigenvalue weighted by Gasteiger charge is 2.31. The molecule has 1 aromatic rings. The highest BCUT2D eigenvalue weighted by molar-refractivity contribution is 6.04. The summed E-state index contributed by atoms with van der Waals surface area (Å²) in [4.78, 5) is 45.6. The van der Waals surface area contributed by atoms with Crippen molar-refractivity contribution in [3.05, 3.63) is 17.2 Å². The summed E-state index contributed by atoms with van der Waals surface area (Å²) in [5.41, 5.74) is 5.60. The molecule has 0 aliphatic rings. The second-order valence-corrected chi connectivity index (χ2v) is 8.93. The third-order valence-corrected chi connectivity index (χ3v) is 4.15. The van der Waals surface area contributed by atoms with Crippen LogP contribution in [-0.2, 0) is 16.0 Å². The van der Waals surface area contributed by atoms with Crippen LogP contribution in [0.1, 0.15) is 94.5 Å². The molecule has 0 atom stereocenters. The summed E-state index contributed by atoms with van der Waals surface area (Å²) in [5.74, 6) is -0.716. The molecule has 0 radical (unpaired) electrons. The van der Waals surface area contributed by atoms with Crippen LogP contribution < -0.4 is 5.73 Å². The molecule has 7 heteroatoms. The first-order valence-corrected chi connectivity index (χ1v) is 9.70. The Morgan fingerprint density at radius 3 is 2.00 bits per heavy atom. The monoisotopic (exact) mass is 391 g/mol. The van der Waals surface area contributed by atoms with E-state index in [0.717, 1.165) is 0 Å². The number of hydrogen-bond acceptors (Lipinski definition) is 7. The SMILES string of the molecule is CCOC(=O)CCCCc1nc(C(=O)C(C)(C)C)nc(C(=O)C(C)(C)C)c1N. The summed E-state index contributed by atoms with van der Waals surface area (Å²) in [6, 6.07) is 0. The first-order valence-electron chi connectivity index (χ1n) is 9.70. The van der Waals surface area contributed by atoms with Crippen molar-refractivity contribution in [2.75, 3.05) is 12.3 Å². The maximum atomic E-state index is 12.8. The highest BCUT2D eigenvalue weighted by atomic mass is 16.5. The van der Waals surface area contributed by atoms with E-state index in [4.69, 9.17) is 10.5 Å². The minimum atomic E-state index is -0.689. The number of aromatic nitrogens is 2. The summed E-state index contributed by atoms with van der Waals surface area (Å²) in [5, 5.41) is 0. The quantitative estimate of drug-likeness (QED) is 0.407. The van der Waals surface area contributed by atoms with E-state index in [1.165, 1.54) is 0 Å². The van der Waals surface area contributed by atoms with E-state index in [2.05, 4.69) is 9.97 Å². The first kappa shape index (κ1) is 23.7. The van der Waals surface area contributed by atoms with E-state index >= 15 is 0 Å². The molecule has 0 amide bonds. The van der Waals surface area contributed by atoms with Crippen LogP contribution in [-0.4, -0.2) is 34.1 Å². The zero-order valence-electron chi connectivity index (χ0n) is 18.1. The van der Waals surface area contributed by atoms with Crippen LogP contribution >= 0.6 is 0 Å². The zero-order valence-corrected chi connectivity index (χ0v) is 18.1. The molecule has 0 aliphatic carbocycles. The maximum absolute atomic E-state index is 12.8. The number of carbonyl (C=O) groups excluding carboxylic acids is 3. The number of carbonyl (C=O) groups is 3. The standard InChI is InChI=1S/C21H33N3O4/c1-8-28-14(25)12-10-9-11-13-15(22)16(17(26)20(2,3)4)24-19(23-13)18(27)21(5,6)7/h8-12,22H2,1-7H3. The van der Waals surface area contributed by atoms with Gasteiger partial charge in [0.1, 0.15) is 5.69 Å². The van der Waals surface area contributed by atoms with Gasteiger partial charge in [-0.05, 0) is 26.2 Å².